The van der Waals surface area contributed by atoms with E-state index in [1.165, 1.54) is 29.5 Å². The Balaban J connectivity index is 1.45. The van der Waals surface area contributed by atoms with Crippen molar-refractivity contribution < 1.29 is 9.53 Å². The van der Waals surface area contributed by atoms with E-state index >= 15 is 0 Å². The van der Waals surface area contributed by atoms with Gasteiger partial charge in [-0.3, -0.25) is 4.79 Å². The summed E-state index contributed by atoms with van der Waals surface area (Å²) in [7, 11) is 0. The van der Waals surface area contributed by atoms with Crippen LogP contribution in [-0.4, -0.2) is 34.6 Å². The topological polar surface area (TPSA) is 154 Å². The van der Waals surface area contributed by atoms with E-state index in [9.17, 15) is 4.79 Å². The van der Waals surface area contributed by atoms with Crippen LogP contribution in [0.15, 0.2) is 12.1 Å². The van der Waals surface area contributed by atoms with Crippen LogP contribution in [0.4, 0.5) is 11.6 Å². The number of carbonyl (C=O) groups excluding carboxylic acids is 1. The summed E-state index contributed by atoms with van der Waals surface area (Å²) in [6, 6.07) is 4.33. The molecule has 0 atom stereocenters. The number of carbonyl (C=O) groups is 1. The van der Waals surface area contributed by atoms with Gasteiger partial charge in [0.2, 0.25) is 0 Å². The van der Waals surface area contributed by atoms with Crippen LogP contribution in [0, 0.1) is 5.41 Å². The Morgan fingerprint density at radius 3 is 2.56 bits per heavy atom. The SMILES string of the molecule is N=C(CCCCCc1ccc(OCCCN)c2c1CCCC2)CC(=O)c1nc(Cl)c(N)nc1N. The summed E-state index contributed by atoms with van der Waals surface area (Å²) < 4.78 is 5.99. The van der Waals surface area contributed by atoms with Gasteiger partial charge in [-0.15, -0.1) is 0 Å². The molecule has 9 heteroatoms. The van der Waals surface area contributed by atoms with E-state index in [1.807, 2.05) is 0 Å². The number of nitrogens with one attached hydrogen (secondary N) is 1. The molecule has 0 spiro atoms. The number of ether oxygens (including phenoxy) is 1. The first-order chi connectivity index (χ1) is 16.4. The summed E-state index contributed by atoms with van der Waals surface area (Å²) in [6.07, 6.45) is 9.95. The first-order valence-electron chi connectivity index (χ1n) is 12.0. The van der Waals surface area contributed by atoms with E-state index < -0.39 is 0 Å². The van der Waals surface area contributed by atoms with Gasteiger partial charge < -0.3 is 27.3 Å². The number of Topliss-reactive ketones (excluding diaryl/α,β-unsaturated/α-hetero) is 1. The quantitative estimate of drug-likeness (QED) is 0.187. The lowest BCUT2D eigenvalue weighted by atomic mass is 9.86. The van der Waals surface area contributed by atoms with Gasteiger partial charge in [-0.25, -0.2) is 9.97 Å². The zero-order valence-electron chi connectivity index (χ0n) is 19.7. The van der Waals surface area contributed by atoms with Crippen LogP contribution >= 0.6 is 11.6 Å². The maximum absolute atomic E-state index is 12.4. The third-order valence-corrected chi connectivity index (χ3v) is 6.44. The number of halogens is 1. The van der Waals surface area contributed by atoms with Gasteiger partial charge in [0.15, 0.2) is 28.3 Å². The largest absolute Gasteiger partial charge is 0.493 e. The molecule has 1 heterocycles. The Hall–Kier alpha value is -2.71. The second-order valence-electron chi connectivity index (χ2n) is 8.78. The van der Waals surface area contributed by atoms with E-state index in [-0.39, 0.29) is 34.7 Å². The number of nitrogens with two attached hydrogens (primary N) is 3. The minimum Gasteiger partial charge on any atom is -0.493 e. The smallest absolute Gasteiger partial charge is 0.190 e. The number of aromatic nitrogens is 2. The molecule has 0 amide bonds. The van der Waals surface area contributed by atoms with Gasteiger partial charge in [0.1, 0.15) is 5.75 Å². The highest BCUT2D eigenvalue weighted by molar-refractivity contribution is 6.31. The second kappa shape index (κ2) is 12.7. The monoisotopic (exact) mass is 486 g/mol. The van der Waals surface area contributed by atoms with Gasteiger partial charge >= 0.3 is 0 Å². The van der Waals surface area contributed by atoms with Gasteiger partial charge in [0, 0.05) is 5.71 Å². The summed E-state index contributed by atoms with van der Waals surface area (Å²) >= 11 is 5.84. The second-order valence-corrected chi connectivity index (χ2v) is 9.13. The van der Waals surface area contributed by atoms with E-state index in [0.717, 1.165) is 50.7 Å². The molecular formula is C25H35ClN6O2. The summed E-state index contributed by atoms with van der Waals surface area (Å²) in [6.45, 7) is 1.31. The third-order valence-electron chi connectivity index (χ3n) is 6.16. The fourth-order valence-corrected chi connectivity index (χ4v) is 4.51. The highest BCUT2D eigenvalue weighted by Crippen LogP contribution is 2.33. The highest BCUT2D eigenvalue weighted by atomic mass is 35.5. The Morgan fingerprint density at radius 1 is 1.03 bits per heavy atom. The molecule has 0 radical (unpaired) electrons. The number of hydrogen-bond donors (Lipinski definition) is 4. The maximum atomic E-state index is 12.4. The van der Waals surface area contributed by atoms with Crippen LogP contribution in [0.3, 0.4) is 0 Å². The van der Waals surface area contributed by atoms with Crippen molar-refractivity contribution in [2.24, 2.45) is 5.73 Å². The van der Waals surface area contributed by atoms with Crippen molar-refractivity contribution >= 4 is 34.7 Å². The van der Waals surface area contributed by atoms with E-state index in [4.69, 9.17) is 38.9 Å². The number of unbranched alkanes of at least 4 members (excludes halogenated alkanes) is 2. The molecule has 0 fully saturated rings. The standard InChI is InChI=1S/C25H35ClN6O2/c26-23-25(30)32-24(29)22(31-23)20(33)15-17(28)8-3-1-2-7-16-11-12-21(34-14-6-13-27)19-10-5-4-9-18(16)19/h11-12,28H,1-10,13-15,27H2,(H4,29,30,32). The van der Waals surface area contributed by atoms with Gasteiger partial charge in [0.25, 0.3) is 0 Å². The highest BCUT2D eigenvalue weighted by Gasteiger charge is 2.19. The van der Waals surface area contributed by atoms with Crippen LogP contribution in [0.2, 0.25) is 5.15 Å². The van der Waals surface area contributed by atoms with Crippen molar-refractivity contribution in [3.05, 3.63) is 39.7 Å². The van der Waals surface area contributed by atoms with Crippen molar-refractivity contribution in [1.29, 1.82) is 5.41 Å². The Labute approximate surface area is 206 Å². The fourth-order valence-electron chi connectivity index (χ4n) is 4.39. The third kappa shape index (κ3) is 6.90. The molecule has 2 aromatic rings. The predicted octanol–water partition coefficient (Wildman–Crippen LogP) is 4.30. The summed E-state index contributed by atoms with van der Waals surface area (Å²) in [4.78, 5) is 20.2. The predicted molar refractivity (Wildman–Crippen MR) is 137 cm³/mol. The molecule has 0 bridgehead atoms. The molecule has 3 rings (SSSR count). The number of rotatable bonds is 13. The number of nitrogens with zero attached hydrogens (tertiary/aromatic N) is 2. The van der Waals surface area contributed by atoms with Crippen molar-refractivity contribution in [2.75, 3.05) is 24.6 Å². The lowest BCUT2D eigenvalue weighted by molar-refractivity contribution is 0.0996. The van der Waals surface area contributed by atoms with Crippen LogP contribution in [-0.2, 0) is 19.3 Å². The first-order valence-corrected chi connectivity index (χ1v) is 12.4. The molecule has 1 aromatic carbocycles. The molecule has 1 aliphatic carbocycles. The number of aryl methyl sites for hydroxylation is 1. The van der Waals surface area contributed by atoms with Crippen molar-refractivity contribution in [3.63, 3.8) is 0 Å². The first kappa shape index (κ1) is 25.9. The number of hydrogen-bond acceptors (Lipinski definition) is 8. The van der Waals surface area contributed by atoms with Crippen LogP contribution < -0.4 is 21.9 Å². The minimum atomic E-state index is -0.364. The Kier molecular flexibility index (Phi) is 9.65. The summed E-state index contributed by atoms with van der Waals surface area (Å²) in [5.41, 5.74) is 21.5. The van der Waals surface area contributed by atoms with Gasteiger partial charge in [-0.2, -0.15) is 0 Å². The average Bonchev–Trinajstić information content (AvgIpc) is 2.82. The van der Waals surface area contributed by atoms with Crippen LogP contribution in [0.25, 0.3) is 0 Å². The normalized spacial score (nSPS) is 12.9. The summed E-state index contributed by atoms with van der Waals surface area (Å²) in [5, 5.41) is 8.11. The summed E-state index contributed by atoms with van der Waals surface area (Å²) in [5.74, 6) is 0.592. The molecule has 7 N–H and O–H groups in total. The van der Waals surface area contributed by atoms with Crippen LogP contribution in [0.5, 0.6) is 5.75 Å². The lowest BCUT2D eigenvalue weighted by Gasteiger charge is -2.23. The lowest BCUT2D eigenvalue weighted by Crippen LogP contribution is -2.14. The molecular weight excluding hydrogens is 452 g/mol. The van der Waals surface area contributed by atoms with Crippen LogP contribution in [0.1, 0.15) is 78.5 Å². The average molecular weight is 487 g/mol. The molecule has 8 nitrogen and oxygen atoms in total. The molecule has 0 aliphatic heterocycles. The molecule has 34 heavy (non-hydrogen) atoms. The number of ketones is 1. The molecule has 1 aliphatic rings. The van der Waals surface area contributed by atoms with E-state index in [2.05, 4.69) is 22.1 Å². The van der Waals surface area contributed by atoms with E-state index in [1.54, 1.807) is 0 Å². The molecule has 184 valence electrons. The zero-order valence-corrected chi connectivity index (χ0v) is 20.4. The van der Waals surface area contributed by atoms with Gasteiger partial charge in [-0.1, -0.05) is 24.1 Å². The van der Waals surface area contributed by atoms with Gasteiger partial charge in [0.05, 0.1) is 13.0 Å². The fraction of sp³-hybridized carbons (Fsp3) is 0.520. The number of benzene rings is 1. The number of fused-ring (bicyclic) bond motifs is 1. The number of nitrogen functional groups attached to an aromatic ring is 2. The molecule has 0 saturated heterocycles. The van der Waals surface area contributed by atoms with E-state index in [0.29, 0.717) is 25.3 Å². The van der Waals surface area contributed by atoms with Crippen molar-refractivity contribution in [3.8, 4) is 5.75 Å². The molecule has 0 saturated carbocycles. The number of anilines is 2. The molecule has 1 aromatic heterocycles. The van der Waals surface area contributed by atoms with Gasteiger partial charge in [-0.05, 0) is 87.1 Å². The maximum Gasteiger partial charge on any atom is 0.190 e. The van der Waals surface area contributed by atoms with Crippen molar-refractivity contribution in [2.45, 2.75) is 70.6 Å². The zero-order chi connectivity index (χ0) is 24.5. The molecule has 0 unspecified atom stereocenters. The Bertz CT molecular complexity index is 1030. The van der Waals surface area contributed by atoms with Crippen molar-refractivity contribution in [1.82, 2.24) is 9.97 Å². The minimum absolute atomic E-state index is 0.0131. The Morgan fingerprint density at radius 2 is 1.79 bits per heavy atom.